The molecule has 0 amide bonds. The fraction of sp³-hybridized carbons (Fsp3) is 0.227. The van der Waals surface area contributed by atoms with E-state index in [2.05, 4.69) is 6.08 Å². The fourth-order valence-corrected chi connectivity index (χ4v) is 4.49. The standard InChI is InChI=1S/C22H19NO3S/c24-19(15-8-2-1-3-9-15)14-26-22(25)17-11-5-4-10-16(17)21-23-18-12-6-7-13-20(18)27-21/h1-9,12-13,16-17H,10-11,14H2/t16-,17+/m1/s1. The van der Waals surface area contributed by atoms with Crippen LogP contribution >= 0.6 is 11.3 Å². The topological polar surface area (TPSA) is 56.3 Å². The molecular formula is C22H19NO3S. The van der Waals surface area contributed by atoms with E-state index in [-0.39, 0.29) is 30.2 Å². The number of esters is 1. The van der Waals surface area contributed by atoms with E-state index in [1.54, 1.807) is 35.6 Å². The highest BCUT2D eigenvalue weighted by Gasteiger charge is 2.33. The molecule has 0 saturated heterocycles. The molecule has 5 heteroatoms. The van der Waals surface area contributed by atoms with E-state index in [9.17, 15) is 9.59 Å². The quantitative estimate of drug-likeness (QED) is 0.365. The van der Waals surface area contributed by atoms with Crippen molar-refractivity contribution in [3.05, 3.63) is 77.3 Å². The van der Waals surface area contributed by atoms with Gasteiger partial charge >= 0.3 is 5.97 Å². The maximum Gasteiger partial charge on any atom is 0.310 e. The summed E-state index contributed by atoms with van der Waals surface area (Å²) in [5.41, 5.74) is 1.51. The molecule has 0 aliphatic heterocycles. The van der Waals surface area contributed by atoms with Crippen LogP contribution in [-0.4, -0.2) is 23.3 Å². The molecule has 1 aromatic heterocycles. The third-order valence-corrected chi connectivity index (χ3v) is 5.97. The van der Waals surface area contributed by atoms with Gasteiger partial charge in [0.05, 0.1) is 21.1 Å². The predicted molar refractivity (Wildman–Crippen MR) is 106 cm³/mol. The molecule has 0 N–H and O–H groups in total. The number of benzene rings is 2. The number of carbonyl (C=O) groups excluding carboxylic acids is 2. The molecule has 0 spiro atoms. The largest absolute Gasteiger partial charge is 0.457 e. The number of rotatable bonds is 5. The van der Waals surface area contributed by atoms with E-state index in [1.807, 2.05) is 36.4 Å². The Morgan fingerprint density at radius 3 is 2.56 bits per heavy atom. The third-order valence-electron chi connectivity index (χ3n) is 4.80. The number of carbonyl (C=O) groups is 2. The monoisotopic (exact) mass is 377 g/mol. The molecule has 0 bridgehead atoms. The van der Waals surface area contributed by atoms with Crippen LogP contribution in [0.5, 0.6) is 0 Å². The molecule has 2 aromatic carbocycles. The molecule has 0 radical (unpaired) electrons. The SMILES string of the molecule is O=C(COC(=O)[C@H]1CC=CC[C@H]1c1nc2ccccc2s1)c1ccccc1. The van der Waals surface area contributed by atoms with Gasteiger partial charge in [-0.15, -0.1) is 11.3 Å². The minimum Gasteiger partial charge on any atom is -0.457 e. The van der Waals surface area contributed by atoms with Gasteiger partial charge in [0.25, 0.3) is 0 Å². The average Bonchev–Trinajstić information content (AvgIpc) is 3.16. The van der Waals surface area contributed by atoms with Crippen LogP contribution in [0.15, 0.2) is 66.7 Å². The minimum atomic E-state index is -0.326. The van der Waals surface area contributed by atoms with Gasteiger partial charge in [0.2, 0.25) is 0 Å². The third kappa shape index (κ3) is 3.83. The van der Waals surface area contributed by atoms with Crippen molar-refractivity contribution in [2.45, 2.75) is 18.8 Å². The van der Waals surface area contributed by atoms with Gasteiger partial charge < -0.3 is 4.74 Å². The highest BCUT2D eigenvalue weighted by atomic mass is 32.1. The Bertz CT molecular complexity index is 960. The van der Waals surface area contributed by atoms with Crippen LogP contribution in [0.3, 0.4) is 0 Å². The van der Waals surface area contributed by atoms with E-state index in [0.29, 0.717) is 12.0 Å². The first kappa shape index (κ1) is 17.6. The van der Waals surface area contributed by atoms with Crippen molar-refractivity contribution in [1.29, 1.82) is 0 Å². The van der Waals surface area contributed by atoms with Crippen LogP contribution in [0.25, 0.3) is 10.2 Å². The van der Waals surface area contributed by atoms with Gasteiger partial charge in [-0.2, -0.15) is 0 Å². The molecule has 3 aromatic rings. The van der Waals surface area contributed by atoms with Crippen LogP contribution in [0.1, 0.15) is 34.1 Å². The second-order valence-corrected chi connectivity index (χ2v) is 7.63. The van der Waals surface area contributed by atoms with Crippen molar-refractivity contribution in [2.24, 2.45) is 5.92 Å². The molecule has 2 atom stereocenters. The number of nitrogens with zero attached hydrogens (tertiary/aromatic N) is 1. The zero-order chi connectivity index (χ0) is 18.6. The normalized spacial score (nSPS) is 19.1. The zero-order valence-corrected chi connectivity index (χ0v) is 15.5. The molecule has 0 fully saturated rings. The summed E-state index contributed by atoms with van der Waals surface area (Å²) >= 11 is 1.63. The fourth-order valence-electron chi connectivity index (χ4n) is 3.35. The molecule has 27 heavy (non-hydrogen) atoms. The summed E-state index contributed by atoms with van der Waals surface area (Å²) in [4.78, 5) is 29.6. The lowest BCUT2D eigenvalue weighted by atomic mass is 9.83. The molecule has 136 valence electrons. The first-order chi connectivity index (χ1) is 13.2. The zero-order valence-electron chi connectivity index (χ0n) is 14.7. The number of thiazole rings is 1. The van der Waals surface area contributed by atoms with Gasteiger partial charge in [-0.05, 0) is 25.0 Å². The number of fused-ring (bicyclic) bond motifs is 1. The Morgan fingerprint density at radius 1 is 1.00 bits per heavy atom. The van der Waals surface area contributed by atoms with Gasteiger partial charge in [0, 0.05) is 11.5 Å². The van der Waals surface area contributed by atoms with Gasteiger partial charge in [0.15, 0.2) is 12.4 Å². The Balaban J connectivity index is 1.48. The number of ether oxygens (including phenoxy) is 1. The molecular weight excluding hydrogens is 358 g/mol. The van der Waals surface area contributed by atoms with Crippen LogP contribution in [0, 0.1) is 5.92 Å². The highest BCUT2D eigenvalue weighted by Crippen LogP contribution is 2.39. The lowest BCUT2D eigenvalue weighted by Gasteiger charge is -2.25. The van der Waals surface area contributed by atoms with E-state index < -0.39 is 0 Å². The predicted octanol–water partition coefficient (Wildman–Crippen LogP) is 4.77. The Morgan fingerprint density at radius 2 is 1.74 bits per heavy atom. The summed E-state index contributed by atoms with van der Waals surface area (Å²) in [5, 5.41) is 0.955. The second kappa shape index (κ2) is 7.84. The van der Waals surface area contributed by atoms with Crippen molar-refractivity contribution >= 4 is 33.3 Å². The summed E-state index contributed by atoms with van der Waals surface area (Å²) in [5.74, 6) is -0.828. The van der Waals surface area contributed by atoms with E-state index in [0.717, 1.165) is 21.6 Å². The smallest absolute Gasteiger partial charge is 0.310 e. The van der Waals surface area contributed by atoms with E-state index in [4.69, 9.17) is 9.72 Å². The molecule has 0 saturated carbocycles. The maximum atomic E-state index is 12.7. The molecule has 1 aliphatic carbocycles. The lowest BCUT2D eigenvalue weighted by Crippen LogP contribution is -2.27. The van der Waals surface area contributed by atoms with Crippen molar-refractivity contribution in [2.75, 3.05) is 6.61 Å². The van der Waals surface area contributed by atoms with Crippen molar-refractivity contribution in [1.82, 2.24) is 4.98 Å². The number of para-hydroxylation sites is 1. The minimum absolute atomic E-state index is 0.00766. The van der Waals surface area contributed by atoms with E-state index in [1.165, 1.54) is 0 Å². The Kier molecular flexibility index (Phi) is 5.12. The molecule has 1 aliphatic rings. The maximum absolute atomic E-state index is 12.7. The molecule has 1 heterocycles. The van der Waals surface area contributed by atoms with Gasteiger partial charge in [-0.25, -0.2) is 4.98 Å². The van der Waals surface area contributed by atoms with Crippen molar-refractivity contribution in [3.63, 3.8) is 0 Å². The second-order valence-electron chi connectivity index (χ2n) is 6.57. The molecule has 4 nitrogen and oxygen atoms in total. The van der Waals surface area contributed by atoms with Gasteiger partial charge in [0.1, 0.15) is 0 Å². The highest BCUT2D eigenvalue weighted by molar-refractivity contribution is 7.18. The van der Waals surface area contributed by atoms with Crippen molar-refractivity contribution < 1.29 is 14.3 Å². The van der Waals surface area contributed by atoms with Crippen LogP contribution in [0.2, 0.25) is 0 Å². The summed E-state index contributed by atoms with van der Waals surface area (Å²) < 4.78 is 6.50. The molecule has 4 rings (SSSR count). The van der Waals surface area contributed by atoms with Crippen molar-refractivity contribution in [3.8, 4) is 0 Å². The summed E-state index contributed by atoms with van der Waals surface area (Å²) in [6.07, 6.45) is 5.47. The summed E-state index contributed by atoms with van der Waals surface area (Å²) in [6.45, 7) is -0.227. The Labute approximate surface area is 161 Å². The number of Topliss-reactive ketones (excluding diaryl/α,β-unsaturated/α-hetero) is 1. The summed E-state index contributed by atoms with van der Waals surface area (Å²) in [6, 6.07) is 16.9. The van der Waals surface area contributed by atoms with Gasteiger partial charge in [-0.1, -0.05) is 54.6 Å². The number of allylic oxidation sites excluding steroid dienone is 2. The first-order valence-electron chi connectivity index (χ1n) is 8.98. The average molecular weight is 377 g/mol. The van der Waals surface area contributed by atoms with Gasteiger partial charge in [-0.3, -0.25) is 9.59 Å². The molecule has 0 unspecified atom stereocenters. The number of aromatic nitrogens is 1. The van der Waals surface area contributed by atoms with E-state index >= 15 is 0 Å². The summed E-state index contributed by atoms with van der Waals surface area (Å²) in [7, 11) is 0. The first-order valence-corrected chi connectivity index (χ1v) is 9.79. The van der Waals surface area contributed by atoms with Crippen LogP contribution < -0.4 is 0 Å². The van der Waals surface area contributed by atoms with Crippen LogP contribution in [-0.2, 0) is 9.53 Å². The Hall–Kier alpha value is -2.79. The number of hydrogen-bond acceptors (Lipinski definition) is 5. The number of hydrogen-bond donors (Lipinski definition) is 0. The van der Waals surface area contributed by atoms with Crippen LogP contribution in [0.4, 0.5) is 0 Å². The number of ketones is 1. The lowest BCUT2D eigenvalue weighted by molar-refractivity contribution is -0.148.